The molecule has 0 spiro atoms. The van der Waals surface area contributed by atoms with Crippen molar-refractivity contribution < 1.29 is 26.3 Å². The summed E-state index contributed by atoms with van der Waals surface area (Å²) in [6.07, 6.45) is -7.65. The summed E-state index contributed by atoms with van der Waals surface area (Å²) in [7, 11) is 0. The van der Waals surface area contributed by atoms with Gasteiger partial charge in [-0.15, -0.1) is 0 Å². The normalized spacial score (nSPS) is 12.9. The highest BCUT2D eigenvalue weighted by atomic mass is 19.4. The van der Waals surface area contributed by atoms with Crippen LogP contribution in [0.25, 0.3) is 0 Å². The van der Waals surface area contributed by atoms with E-state index in [1.807, 2.05) is 0 Å². The second kappa shape index (κ2) is 8.76. The van der Waals surface area contributed by atoms with Gasteiger partial charge in [0, 0.05) is 0 Å². The number of nitrogens with one attached hydrogen (secondary N) is 3. The van der Waals surface area contributed by atoms with E-state index in [2.05, 4.69) is 21.1 Å². The van der Waals surface area contributed by atoms with Crippen LogP contribution in [-0.4, -0.2) is 17.9 Å². The van der Waals surface area contributed by atoms with Gasteiger partial charge in [0.15, 0.2) is 0 Å². The molecule has 0 saturated heterocycles. The molecule has 2 rings (SSSR count). The van der Waals surface area contributed by atoms with Crippen LogP contribution in [0.3, 0.4) is 0 Å². The van der Waals surface area contributed by atoms with Gasteiger partial charge in [-0.3, -0.25) is 5.41 Å². The zero-order valence-corrected chi connectivity index (χ0v) is 14.9. The van der Waals surface area contributed by atoms with Gasteiger partial charge in [0.1, 0.15) is 0 Å². The van der Waals surface area contributed by atoms with E-state index in [1.54, 1.807) is 0 Å². The van der Waals surface area contributed by atoms with Crippen molar-refractivity contribution in [1.29, 1.82) is 5.41 Å². The first-order chi connectivity index (χ1) is 13.5. The molecular weight excluding hydrogens is 400 g/mol. The first-order valence-electron chi connectivity index (χ1n) is 7.99. The summed E-state index contributed by atoms with van der Waals surface area (Å²) < 4.78 is 75.1. The van der Waals surface area contributed by atoms with Gasteiger partial charge in [-0.05, 0) is 42.3 Å². The van der Waals surface area contributed by atoms with Crippen molar-refractivity contribution in [3.8, 4) is 0 Å². The van der Waals surface area contributed by atoms with Crippen molar-refractivity contribution in [3.63, 3.8) is 0 Å². The third-order valence-corrected chi connectivity index (χ3v) is 3.59. The molecular formula is C18H15F6N5. The Labute approximate surface area is 161 Å². The van der Waals surface area contributed by atoms with Crippen LogP contribution in [0.1, 0.15) is 29.2 Å². The van der Waals surface area contributed by atoms with E-state index in [0.29, 0.717) is 16.8 Å². The molecule has 3 N–H and O–H groups in total. The maximum absolute atomic E-state index is 12.5. The molecule has 0 unspecified atom stereocenters. The fourth-order valence-electron chi connectivity index (χ4n) is 2.06. The van der Waals surface area contributed by atoms with Gasteiger partial charge in [-0.1, -0.05) is 24.3 Å². The fourth-order valence-corrected chi connectivity index (χ4v) is 2.06. The zero-order chi connectivity index (χ0) is 21.7. The topological polar surface area (TPSA) is 72.6 Å². The Kier molecular flexibility index (Phi) is 6.62. The monoisotopic (exact) mass is 415 g/mol. The highest BCUT2D eigenvalue weighted by Gasteiger charge is 2.30. The molecule has 5 nitrogen and oxygen atoms in total. The number of halogens is 6. The van der Waals surface area contributed by atoms with Crippen LogP contribution in [0, 0.1) is 5.41 Å². The van der Waals surface area contributed by atoms with E-state index in [4.69, 9.17) is 5.41 Å². The number of hydrogen-bond acceptors (Lipinski definition) is 3. The smallest absolute Gasteiger partial charge is 0.266 e. The van der Waals surface area contributed by atoms with E-state index < -0.39 is 23.5 Å². The van der Waals surface area contributed by atoms with Gasteiger partial charge >= 0.3 is 12.4 Å². The van der Waals surface area contributed by atoms with Crippen LogP contribution in [-0.2, 0) is 12.4 Å². The van der Waals surface area contributed by atoms with E-state index in [-0.39, 0.29) is 5.96 Å². The molecule has 29 heavy (non-hydrogen) atoms. The molecule has 0 aliphatic heterocycles. The van der Waals surface area contributed by atoms with E-state index in [1.165, 1.54) is 37.4 Å². The standard InChI is InChI=1S/C18H15F6N5/c1-11(13-4-8-15(9-5-13)18(22,23)24)27-29-16(25)28-26-10-12-2-6-14(7-3-12)17(19,20)21/h2-10H,1H3,(H3,25,28,29)/b26-10+,27-11+. The van der Waals surface area contributed by atoms with Gasteiger partial charge in [0.2, 0.25) is 5.96 Å². The first kappa shape index (κ1) is 21.9. The largest absolute Gasteiger partial charge is 0.416 e. The number of alkyl halides is 6. The maximum atomic E-state index is 12.5. The number of hydrazone groups is 2. The zero-order valence-electron chi connectivity index (χ0n) is 14.9. The third kappa shape index (κ3) is 6.63. The van der Waals surface area contributed by atoms with Crippen molar-refractivity contribution in [1.82, 2.24) is 10.9 Å². The summed E-state index contributed by atoms with van der Waals surface area (Å²) in [5, 5.41) is 15.1. The lowest BCUT2D eigenvalue weighted by atomic mass is 10.1. The molecule has 0 atom stereocenters. The van der Waals surface area contributed by atoms with Gasteiger partial charge < -0.3 is 0 Å². The quantitative estimate of drug-likeness (QED) is 0.296. The number of rotatable bonds is 4. The number of hydrogen-bond donors (Lipinski definition) is 3. The van der Waals surface area contributed by atoms with Crippen molar-refractivity contribution in [3.05, 3.63) is 70.8 Å². The molecule has 0 aromatic heterocycles. The van der Waals surface area contributed by atoms with Crippen LogP contribution in [0.15, 0.2) is 58.7 Å². The van der Waals surface area contributed by atoms with E-state index in [9.17, 15) is 26.3 Å². The molecule has 0 saturated carbocycles. The summed E-state index contributed by atoms with van der Waals surface area (Å²) in [4.78, 5) is 0. The van der Waals surface area contributed by atoms with Crippen molar-refractivity contribution in [2.75, 3.05) is 0 Å². The van der Waals surface area contributed by atoms with Gasteiger partial charge in [-0.25, -0.2) is 10.9 Å². The highest BCUT2D eigenvalue weighted by Crippen LogP contribution is 2.29. The predicted octanol–water partition coefficient (Wildman–Crippen LogP) is 4.60. The highest BCUT2D eigenvalue weighted by molar-refractivity contribution is 5.99. The minimum atomic E-state index is -4.43. The van der Waals surface area contributed by atoms with Crippen LogP contribution in [0.2, 0.25) is 0 Å². The molecule has 0 radical (unpaired) electrons. The molecule has 154 valence electrons. The lowest BCUT2D eigenvalue weighted by Crippen LogP contribution is -2.30. The third-order valence-electron chi connectivity index (χ3n) is 3.59. The maximum Gasteiger partial charge on any atom is 0.416 e. The predicted molar refractivity (Wildman–Crippen MR) is 96.7 cm³/mol. The average molecular weight is 415 g/mol. The molecule has 2 aromatic carbocycles. The summed E-state index contributed by atoms with van der Waals surface area (Å²) in [6, 6.07) is 8.60. The van der Waals surface area contributed by atoms with Crippen molar-refractivity contribution in [2.45, 2.75) is 19.3 Å². The fraction of sp³-hybridized carbons (Fsp3) is 0.167. The lowest BCUT2D eigenvalue weighted by molar-refractivity contribution is -0.138. The minimum absolute atomic E-state index is 0.331. The van der Waals surface area contributed by atoms with Gasteiger partial charge in [0.05, 0.1) is 23.1 Å². The second-order valence-electron chi connectivity index (χ2n) is 5.75. The minimum Gasteiger partial charge on any atom is -0.266 e. The Hall–Kier alpha value is -3.37. The molecule has 11 heteroatoms. The second-order valence-corrected chi connectivity index (χ2v) is 5.75. The molecule has 0 aliphatic rings. The summed E-state index contributed by atoms with van der Waals surface area (Å²) >= 11 is 0. The van der Waals surface area contributed by atoms with Crippen LogP contribution in [0.4, 0.5) is 26.3 Å². The summed E-state index contributed by atoms with van der Waals surface area (Å²) in [5.41, 5.74) is 4.15. The molecule has 0 heterocycles. The first-order valence-corrected chi connectivity index (χ1v) is 7.99. The van der Waals surface area contributed by atoms with Crippen LogP contribution >= 0.6 is 0 Å². The lowest BCUT2D eigenvalue weighted by Gasteiger charge is -2.08. The van der Waals surface area contributed by atoms with E-state index in [0.717, 1.165) is 24.3 Å². The average Bonchev–Trinajstić information content (AvgIpc) is 2.65. The Bertz CT molecular complexity index is 896. The van der Waals surface area contributed by atoms with Crippen molar-refractivity contribution >= 4 is 17.9 Å². The SMILES string of the molecule is C/C(=N\NC(=N)N/N=C/c1ccc(C(F)(F)F)cc1)c1ccc(C(F)(F)F)cc1. The Morgan fingerprint density at radius 1 is 0.828 bits per heavy atom. The van der Waals surface area contributed by atoms with Gasteiger partial charge in [-0.2, -0.15) is 36.5 Å². The Morgan fingerprint density at radius 2 is 1.31 bits per heavy atom. The molecule has 2 aromatic rings. The van der Waals surface area contributed by atoms with Crippen molar-refractivity contribution in [2.24, 2.45) is 10.2 Å². The molecule has 0 aliphatic carbocycles. The molecule has 0 bridgehead atoms. The number of nitrogens with zero attached hydrogens (tertiary/aromatic N) is 2. The van der Waals surface area contributed by atoms with E-state index >= 15 is 0 Å². The Balaban J connectivity index is 1.89. The summed E-state index contributed by atoms with van der Waals surface area (Å²) in [6.45, 7) is 1.54. The van der Waals surface area contributed by atoms with Crippen LogP contribution in [0.5, 0.6) is 0 Å². The number of benzene rings is 2. The Morgan fingerprint density at radius 3 is 1.79 bits per heavy atom. The number of guanidine groups is 1. The van der Waals surface area contributed by atoms with Gasteiger partial charge in [0.25, 0.3) is 0 Å². The van der Waals surface area contributed by atoms with Crippen LogP contribution < -0.4 is 10.9 Å². The summed E-state index contributed by atoms with van der Waals surface area (Å²) in [5.74, 6) is -0.348. The molecule has 0 fully saturated rings. The molecule has 0 amide bonds.